The molecule has 2 N–H and O–H groups in total. The summed E-state index contributed by atoms with van der Waals surface area (Å²) in [6.07, 6.45) is 0.918. The van der Waals surface area contributed by atoms with E-state index in [1.165, 1.54) is 0 Å². The average molecular weight is 285 g/mol. The molecule has 0 spiro atoms. The van der Waals surface area contributed by atoms with Gasteiger partial charge in [0.05, 0.1) is 4.92 Å². The molecule has 1 heterocycles. The Morgan fingerprint density at radius 2 is 2.25 bits per heavy atom. The van der Waals surface area contributed by atoms with Crippen LogP contribution >= 0.6 is 0 Å². The monoisotopic (exact) mass is 285 g/mol. The van der Waals surface area contributed by atoms with Gasteiger partial charge in [-0.05, 0) is 31.5 Å². The first-order valence-corrected chi connectivity index (χ1v) is 6.12. The van der Waals surface area contributed by atoms with Gasteiger partial charge in [-0.15, -0.1) is 0 Å². The molecule has 6 nitrogen and oxygen atoms in total. The minimum atomic E-state index is -1.42. The van der Waals surface area contributed by atoms with Gasteiger partial charge in [-0.3, -0.25) is 14.9 Å². The number of carbonyl (C=O) groups is 1. The first-order chi connectivity index (χ1) is 9.49. The zero-order chi connectivity index (χ0) is 14.7. The number of nitrogens with zero attached hydrogens (tertiary/aromatic N) is 1. The second-order valence-electron chi connectivity index (χ2n) is 4.62. The van der Waals surface area contributed by atoms with Crippen molar-refractivity contribution in [2.45, 2.75) is 12.8 Å². The van der Waals surface area contributed by atoms with E-state index in [2.05, 4.69) is 10.6 Å². The maximum atomic E-state index is 13.6. The highest BCUT2D eigenvalue weighted by atomic mass is 19.2. The first-order valence-electron chi connectivity index (χ1n) is 6.12. The van der Waals surface area contributed by atoms with Crippen molar-refractivity contribution in [3.8, 4) is 0 Å². The van der Waals surface area contributed by atoms with Gasteiger partial charge in [0, 0.05) is 12.5 Å². The summed E-state index contributed by atoms with van der Waals surface area (Å²) in [6.45, 7) is 1.47. The molecule has 0 aliphatic carbocycles. The molecule has 1 aliphatic rings. The molecule has 20 heavy (non-hydrogen) atoms. The highest BCUT2D eigenvalue weighted by Gasteiger charge is 2.25. The molecule has 1 amide bonds. The smallest absolute Gasteiger partial charge is 0.296 e. The summed E-state index contributed by atoms with van der Waals surface area (Å²) in [5, 5.41) is 15.9. The van der Waals surface area contributed by atoms with E-state index in [1.54, 1.807) is 0 Å². The highest BCUT2D eigenvalue weighted by Crippen LogP contribution is 2.29. The van der Waals surface area contributed by atoms with E-state index in [0.717, 1.165) is 19.0 Å². The Balaban J connectivity index is 2.16. The molecule has 1 aliphatic heterocycles. The molecule has 2 rings (SSSR count). The molecule has 1 saturated heterocycles. The van der Waals surface area contributed by atoms with Crippen LogP contribution in [0.2, 0.25) is 0 Å². The van der Waals surface area contributed by atoms with Crippen LogP contribution in [0.15, 0.2) is 12.1 Å². The summed E-state index contributed by atoms with van der Waals surface area (Å²) in [4.78, 5) is 21.7. The number of nitro benzene ring substituents is 1. The SMILES string of the molecule is O=C(CC1CCNC1)Nc1c([N+](=O)[O-])ccc(F)c1F. The molecule has 1 aromatic carbocycles. The van der Waals surface area contributed by atoms with Gasteiger partial charge < -0.3 is 10.6 Å². The molecule has 0 bridgehead atoms. The van der Waals surface area contributed by atoms with Crippen molar-refractivity contribution < 1.29 is 18.5 Å². The average Bonchev–Trinajstić information content (AvgIpc) is 2.87. The lowest BCUT2D eigenvalue weighted by molar-refractivity contribution is -0.384. The summed E-state index contributed by atoms with van der Waals surface area (Å²) in [5.74, 6) is -3.12. The van der Waals surface area contributed by atoms with Gasteiger partial charge in [-0.2, -0.15) is 0 Å². The lowest BCUT2D eigenvalue weighted by Crippen LogP contribution is -2.19. The standard InChI is InChI=1S/C12H13F2N3O3/c13-8-1-2-9(17(19)20)12(11(8)14)16-10(18)5-7-3-4-15-6-7/h1-2,7,15H,3-6H2,(H,16,18). The number of anilines is 1. The van der Waals surface area contributed by atoms with Crippen LogP contribution in [-0.4, -0.2) is 23.9 Å². The quantitative estimate of drug-likeness (QED) is 0.652. The van der Waals surface area contributed by atoms with Crippen LogP contribution in [0.3, 0.4) is 0 Å². The fourth-order valence-electron chi connectivity index (χ4n) is 2.15. The van der Waals surface area contributed by atoms with Gasteiger partial charge in [0.15, 0.2) is 17.3 Å². The van der Waals surface area contributed by atoms with Crippen molar-refractivity contribution in [1.29, 1.82) is 0 Å². The lowest BCUT2D eigenvalue weighted by atomic mass is 10.0. The predicted octanol–water partition coefficient (Wildman–Crippen LogP) is 1.81. The Morgan fingerprint density at radius 1 is 1.50 bits per heavy atom. The molecular weight excluding hydrogens is 272 g/mol. The van der Waals surface area contributed by atoms with Crippen LogP contribution in [0, 0.1) is 27.7 Å². The predicted molar refractivity (Wildman–Crippen MR) is 67.2 cm³/mol. The van der Waals surface area contributed by atoms with Gasteiger partial charge in [-0.1, -0.05) is 0 Å². The zero-order valence-electron chi connectivity index (χ0n) is 10.5. The van der Waals surface area contributed by atoms with Crippen molar-refractivity contribution in [1.82, 2.24) is 5.32 Å². The van der Waals surface area contributed by atoms with Crippen LogP contribution in [0.1, 0.15) is 12.8 Å². The largest absolute Gasteiger partial charge is 0.318 e. The summed E-state index contributed by atoms with van der Waals surface area (Å²) in [5.41, 5.74) is -1.38. The third-order valence-corrected chi connectivity index (χ3v) is 3.17. The molecule has 1 aromatic rings. The summed E-state index contributed by atoms with van der Waals surface area (Å²) >= 11 is 0. The number of carbonyl (C=O) groups excluding carboxylic acids is 1. The molecular formula is C12H13F2N3O3. The van der Waals surface area contributed by atoms with Gasteiger partial charge >= 0.3 is 0 Å². The number of halogens is 2. The van der Waals surface area contributed by atoms with Gasteiger partial charge in [0.25, 0.3) is 5.69 Å². The molecule has 8 heteroatoms. The molecule has 0 radical (unpaired) electrons. The van der Waals surface area contributed by atoms with Crippen molar-refractivity contribution in [3.63, 3.8) is 0 Å². The Hall–Kier alpha value is -2.09. The fourth-order valence-corrected chi connectivity index (χ4v) is 2.15. The molecule has 108 valence electrons. The third-order valence-electron chi connectivity index (χ3n) is 3.17. The molecule has 0 aromatic heterocycles. The fraction of sp³-hybridized carbons (Fsp3) is 0.417. The Morgan fingerprint density at radius 3 is 2.85 bits per heavy atom. The van der Waals surface area contributed by atoms with Crippen LogP contribution in [-0.2, 0) is 4.79 Å². The molecule has 1 atom stereocenters. The Labute approximate surface area is 113 Å². The second-order valence-corrected chi connectivity index (χ2v) is 4.62. The number of rotatable bonds is 4. The Kier molecular flexibility index (Phi) is 4.23. The first kappa shape index (κ1) is 14.3. The molecule has 1 unspecified atom stereocenters. The number of amides is 1. The number of hydrogen-bond acceptors (Lipinski definition) is 4. The maximum Gasteiger partial charge on any atom is 0.296 e. The van der Waals surface area contributed by atoms with Crippen molar-refractivity contribution in [3.05, 3.63) is 33.9 Å². The normalized spacial score (nSPS) is 18.0. The van der Waals surface area contributed by atoms with Gasteiger partial charge in [0.2, 0.25) is 5.91 Å². The van der Waals surface area contributed by atoms with E-state index >= 15 is 0 Å². The topological polar surface area (TPSA) is 84.3 Å². The van der Waals surface area contributed by atoms with E-state index < -0.39 is 33.8 Å². The number of nitro groups is 1. The van der Waals surface area contributed by atoms with E-state index in [4.69, 9.17) is 0 Å². The van der Waals surface area contributed by atoms with Crippen LogP contribution in [0.5, 0.6) is 0 Å². The zero-order valence-corrected chi connectivity index (χ0v) is 10.5. The van der Waals surface area contributed by atoms with E-state index in [9.17, 15) is 23.7 Å². The van der Waals surface area contributed by atoms with E-state index in [1.807, 2.05) is 0 Å². The van der Waals surface area contributed by atoms with E-state index in [0.29, 0.717) is 12.6 Å². The van der Waals surface area contributed by atoms with Gasteiger partial charge in [0.1, 0.15) is 0 Å². The maximum absolute atomic E-state index is 13.6. The molecule has 0 saturated carbocycles. The van der Waals surface area contributed by atoms with Crippen LogP contribution < -0.4 is 10.6 Å². The van der Waals surface area contributed by atoms with Crippen LogP contribution in [0.4, 0.5) is 20.2 Å². The third kappa shape index (κ3) is 3.08. The van der Waals surface area contributed by atoms with Crippen molar-refractivity contribution in [2.75, 3.05) is 18.4 Å². The van der Waals surface area contributed by atoms with E-state index in [-0.39, 0.29) is 12.3 Å². The number of nitrogens with one attached hydrogen (secondary N) is 2. The minimum Gasteiger partial charge on any atom is -0.318 e. The minimum absolute atomic E-state index is 0.102. The molecule has 1 fully saturated rings. The summed E-state index contributed by atoms with van der Waals surface area (Å²) < 4.78 is 26.7. The number of hydrogen-bond donors (Lipinski definition) is 2. The lowest BCUT2D eigenvalue weighted by Gasteiger charge is -2.10. The number of benzene rings is 1. The second kappa shape index (κ2) is 5.91. The van der Waals surface area contributed by atoms with Crippen molar-refractivity contribution >= 4 is 17.3 Å². The van der Waals surface area contributed by atoms with Gasteiger partial charge in [-0.25, -0.2) is 8.78 Å². The summed E-state index contributed by atoms with van der Waals surface area (Å²) in [6, 6.07) is 1.48. The van der Waals surface area contributed by atoms with Crippen LogP contribution in [0.25, 0.3) is 0 Å². The Bertz CT molecular complexity index is 545. The summed E-state index contributed by atoms with van der Waals surface area (Å²) in [7, 11) is 0. The highest BCUT2D eigenvalue weighted by molar-refractivity contribution is 5.93. The van der Waals surface area contributed by atoms with Crippen molar-refractivity contribution in [2.24, 2.45) is 5.92 Å².